The Labute approximate surface area is 125 Å². The number of carbonyl (C=O) groups is 1. The highest BCUT2D eigenvalue weighted by molar-refractivity contribution is 7.92. The summed E-state index contributed by atoms with van der Waals surface area (Å²) in [5.74, 6) is -0.316. The average molecular weight is 316 g/mol. The Morgan fingerprint density at radius 3 is 2.62 bits per heavy atom. The molecule has 1 rings (SSSR count). The first-order valence-electron chi connectivity index (χ1n) is 6.80. The number of hydrogen-bond donors (Lipinski definition) is 2. The van der Waals surface area contributed by atoms with Crippen molar-refractivity contribution in [1.29, 1.82) is 0 Å². The molecule has 0 unspecified atom stereocenters. The van der Waals surface area contributed by atoms with Gasteiger partial charge in [-0.15, -0.1) is 0 Å². The summed E-state index contributed by atoms with van der Waals surface area (Å²) in [4.78, 5) is 12.1. The van der Waals surface area contributed by atoms with E-state index >= 15 is 0 Å². The molecule has 0 radical (unpaired) electrons. The van der Waals surface area contributed by atoms with Gasteiger partial charge in [-0.1, -0.05) is 0 Å². The van der Waals surface area contributed by atoms with Gasteiger partial charge < -0.3 is 11.1 Å². The van der Waals surface area contributed by atoms with Crippen molar-refractivity contribution in [1.82, 2.24) is 15.1 Å². The van der Waals surface area contributed by atoms with Gasteiger partial charge in [0, 0.05) is 25.0 Å². The van der Waals surface area contributed by atoms with Gasteiger partial charge >= 0.3 is 0 Å². The van der Waals surface area contributed by atoms with Gasteiger partial charge in [0.15, 0.2) is 9.84 Å². The largest absolute Gasteiger partial charge is 0.350 e. The van der Waals surface area contributed by atoms with E-state index in [1.54, 1.807) is 25.5 Å². The van der Waals surface area contributed by atoms with Gasteiger partial charge in [0.25, 0.3) is 5.91 Å². The fraction of sp³-hybridized carbons (Fsp3) is 0.692. The lowest BCUT2D eigenvalue weighted by Gasteiger charge is -2.22. The molecule has 1 aromatic rings. The van der Waals surface area contributed by atoms with Crippen LogP contribution in [0, 0.1) is 6.92 Å². The number of aromatic nitrogens is 2. The van der Waals surface area contributed by atoms with Crippen molar-refractivity contribution in [3.63, 3.8) is 0 Å². The number of nitrogens with zero attached hydrogens (tertiary/aromatic N) is 2. The van der Waals surface area contributed by atoms with Gasteiger partial charge in [-0.2, -0.15) is 5.10 Å². The van der Waals surface area contributed by atoms with Crippen LogP contribution in [0.4, 0.5) is 0 Å². The van der Waals surface area contributed by atoms with Crippen molar-refractivity contribution in [3.05, 3.63) is 17.5 Å². The highest BCUT2D eigenvalue weighted by Crippen LogP contribution is 2.14. The van der Waals surface area contributed by atoms with E-state index in [1.165, 1.54) is 6.20 Å². The lowest BCUT2D eigenvalue weighted by atomic mass is 10.2. The van der Waals surface area contributed by atoms with Crippen LogP contribution in [-0.2, 0) is 16.4 Å². The molecule has 1 heterocycles. The third kappa shape index (κ3) is 4.28. The minimum atomic E-state index is -3.25. The molecule has 0 saturated heterocycles. The predicted molar refractivity (Wildman–Crippen MR) is 81.9 cm³/mol. The first-order valence-corrected chi connectivity index (χ1v) is 8.69. The molecule has 120 valence electrons. The second-order valence-corrected chi connectivity index (χ2v) is 8.37. The molecule has 21 heavy (non-hydrogen) atoms. The summed E-state index contributed by atoms with van der Waals surface area (Å²) < 4.78 is 23.9. The van der Waals surface area contributed by atoms with Crippen molar-refractivity contribution >= 4 is 15.7 Å². The van der Waals surface area contributed by atoms with E-state index in [-0.39, 0.29) is 12.5 Å². The zero-order valence-electron chi connectivity index (χ0n) is 13.0. The van der Waals surface area contributed by atoms with Crippen LogP contribution >= 0.6 is 0 Å². The molecule has 8 heteroatoms. The van der Waals surface area contributed by atoms with Gasteiger partial charge in [-0.25, -0.2) is 8.42 Å². The summed E-state index contributed by atoms with van der Waals surface area (Å²) in [7, 11) is -3.25. The predicted octanol–water partition coefficient (Wildman–Crippen LogP) is 0.0933. The Morgan fingerprint density at radius 2 is 2.10 bits per heavy atom. The highest BCUT2D eigenvalue weighted by Gasteiger charge is 2.31. The number of nitrogens with one attached hydrogen (secondary N) is 1. The van der Waals surface area contributed by atoms with Crippen molar-refractivity contribution in [2.75, 3.05) is 19.3 Å². The van der Waals surface area contributed by atoms with E-state index in [0.29, 0.717) is 18.7 Å². The van der Waals surface area contributed by atoms with Crippen LogP contribution in [-0.4, -0.2) is 48.2 Å². The first kappa shape index (κ1) is 17.6. The first-order chi connectivity index (χ1) is 9.60. The van der Waals surface area contributed by atoms with Crippen molar-refractivity contribution in [2.45, 2.75) is 38.5 Å². The molecule has 3 N–H and O–H groups in total. The third-order valence-corrected chi connectivity index (χ3v) is 5.75. The Hall–Kier alpha value is -1.41. The molecule has 0 aliphatic carbocycles. The zero-order valence-corrected chi connectivity index (χ0v) is 13.8. The zero-order chi connectivity index (χ0) is 16.3. The van der Waals surface area contributed by atoms with E-state index in [9.17, 15) is 13.2 Å². The maximum Gasteiger partial charge on any atom is 0.254 e. The van der Waals surface area contributed by atoms with Crippen molar-refractivity contribution in [2.24, 2.45) is 5.73 Å². The summed E-state index contributed by atoms with van der Waals surface area (Å²) in [6, 6.07) is 0. The van der Waals surface area contributed by atoms with Crippen LogP contribution in [0.2, 0.25) is 0 Å². The summed E-state index contributed by atoms with van der Waals surface area (Å²) in [6.45, 7) is 6.24. The van der Waals surface area contributed by atoms with Crippen LogP contribution in [0.25, 0.3) is 0 Å². The standard InChI is InChI=1S/C13H24N4O3S/c1-10-11(8-16-17(10)7-5-6-14)12(18)15-9-13(2,3)21(4,19)20/h8H,5-7,9,14H2,1-4H3,(H,15,18). The average Bonchev–Trinajstić information content (AvgIpc) is 2.73. The van der Waals surface area contributed by atoms with Gasteiger partial charge in [-0.3, -0.25) is 9.48 Å². The number of hydrogen-bond acceptors (Lipinski definition) is 5. The Bertz CT molecular complexity index is 605. The molecule has 0 saturated carbocycles. The molecule has 0 aromatic carbocycles. The number of nitrogens with two attached hydrogens (primary N) is 1. The molecule has 7 nitrogen and oxygen atoms in total. The number of aryl methyl sites for hydroxylation is 1. The highest BCUT2D eigenvalue weighted by atomic mass is 32.2. The van der Waals surface area contributed by atoms with E-state index in [4.69, 9.17) is 5.73 Å². The van der Waals surface area contributed by atoms with Gasteiger partial charge in [0.1, 0.15) is 0 Å². The molecular weight excluding hydrogens is 292 g/mol. The minimum Gasteiger partial charge on any atom is -0.350 e. The van der Waals surface area contributed by atoms with Crippen LogP contribution < -0.4 is 11.1 Å². The summed E-state index contributed by atoms with van der Waals surface area (Å²) in [5.41, 5.74) is 6.66. The Morgan fingerprint density at radius 1 is 1.48 bits per heavy atom. The lowest BCUT2D eigenvalue weighted by Crippen LogP contribution is -2.43. The summed E-state index contributed by atoms with van der Waals surface area (Å²) in [6.07, 6.45) is 3.44. The second kappa shape index (κ2) is 6.57. The number of rotatable bonds is 7. The normalized spacial score (nSPS) is 12.4. The van der Waals surface area contributed by atoms with E-state index in [1.807, 2.05) is 0 Å². The van der Waals surface area contributed by atoms with Gasteiger partial charge in [0.2, 0.25) is 0 Å². The fourth-order valence-corrected chi connectivity index (χ4v) is 1.99. The second-order valence-electron chi connectivity index (χ2n) is 5.72. The van der Waals surface area contributed by atoms with Crippen molar-refractivity contribution < 1.29 is 13.2 Å². The topological polar surface area (TPSA) is 107 Å². The van der Waals surface area contributed by atoms with Crippen LogP contribution in [0.15, 0.2) is 6.20 Å². The van der Waals surface area contributed by atoms with Crippen molar-refractivity contribution in [3.8, 4) is 0 Å². The third-order valence-electron chi connectivity index (χ3n) is 3.60. The van der Waals surface area contributed by atoms with E-state index in [0.717, 1.165) is 18.4 Å². The van der Waals surface area contributed by atoms with Crippen LogP contribution in [0.1, 0.15) is 36.3 Å². The maximum atomic E-state index is 12.1. The minimum absolute atomic E-state index is 0.0537. The summed E-state index contributed by atoms with van der Waals surface area (Å²) in [5, 5.41) is 6.81. The molecule has 0 spiro atoms. The Kier molecular flexibility index (Phi) is 5.52. The number of amides is 1. The lowest BCUT2D eigenvalue weighted by molar-refractivity contribution is 0.0950. The maximum absolute atomic E-state index is 12.1. The number of sulfone groups is 1. The van der Waals surface area contributed by atoms with E-state index in [2.05, 4.69) is 10.4 Å². The molecule has 0 aliphatic heterocycles. The molecular formula is C13H24N4O3S. The smallest absolute Gasteiger partial charge is 0.254 e. The molecule has 0 atom stereocenters. The molecule has 1 aromatic heterocycles. The fourth-order valence-electron chi connectivity index (χ4n) is 1.66. The quantitative estimate of drug-likeness (QED) is 0.741. The summed E-state index contributed by atoms with van der Waals surface area (Å²) >= 11 is 0. The SMILES string of the molecule is Cc1c(C(=O)NCC(C)(C)S(C)(=O)=O)cnn1CCCN. The molecule has 0 bridgehead atoms. The molecule has 1 amide bonds. The number of carbonyl (C=O) groups excluding carboxylic acids is 1. The van der Waals surface area contributed by atoms with E-state index < -0.39 is 14.6 Å². The monoisotopic (exact) mass is 316 g/mol. The van der Waals surface area contributed by atoms with Gasteiger partial charge in [0.05, 0.1) is 16.5 Å². The molecule has 0 fully saturated rings. The van der Waals surface area contributed by atoms with Crippen LogP contribution in [0.5, 0.6) is 0 Å². The van der Waals surface area contributed by atoms with Crippen LogP contribution in [0.3, 0.4) is 0 Å². The molecule has 0 aliphatic rings. The Balaban J connectivity index is 2.75. The van der Waals surface area contributed by atoms with Gasteiger partial charge in [-0.05, 0) is 33.7 Å².